The van der Waals surface area contributed by atoms with Crippen molar-refractivity contribution >= 4 is 10.0 Å². The first-order chi connectivity index (χ1) is 7.84. The molecule has 1 rings (SSSR count). The summed E-state index contributed by atoms with van der Waals surface area (Å²) in [6.07, 6.45) is 1.81. The fourth-order valence-electron chi connectivity index (χ4n) is 1.96. The molecular formula is C10H20F2N2O2S. The van der Waals surface area contributed by atoms with Crippen LogP contribution in [0.4, 0.5) is 8.78 Å². The van der Waals surface area contributed by atoms with Gasteiger partial charge >= 0.3 is 5.76 Å². The van der Waals surface area contributed by atoms with Gasteiger partial charge in [0.25, 0.3) is 10.0 Å². The average molecular weight is 270 g/mol. The second kappa shape index (κ2) is 6.06. The van der Waals surface area contributed by atoms with Crippen molar-refractivity contribution in [1.82, 2.24) is 9.62 Å². The Labute approximate surface area is 101 Å². The van der Waals surface area contributed by atoms with Gasteiger partial charge in [-0.25, -0.2) is 8.42 Å². The topological polar surface area (TPSA) is 49.4 Å². The highest BCUT2D eigenvalue weighted by Crippen LogP contribution is 2.17. The first kappa shape index (κ1) is 14.8. The largest absolute Gasteiger partial charge is 0.350 e. The third-order valence-electron chi connectivity index (χ3n) is 2.74. The number of halogens is 2. The standard InChI is InChI=1S/C10H20F2N2O2S/c1-8(2)6-14(17(15,16)10(11)12)7-9-4-3-5-13-9/h8-10,13H,3-7H2,1-2H3. The number of nitrogens with zero attached hydrogens (tertiary/aromatic N) is 1. The van der Waals surface area contributed by atoms with Crippen LogP contribution < -0.4 is 5.32 Å². The molecule has 1 aliphatic rings. The van der Waals surface area contributed by atoms with Crippen molar-refractivity contribution in [2.24, 2.45) is 5.92 Å². The number of nitrogens with one attached hydrogen (secondary N) is 1. The number of hydrogen-bond acceptors (Lipinski definition) is 3. The summed E-state index contributed by atoms with van der Waals surface area (Å²) in [6.45, 7) is 4.75. The zero-order valence-corrected chi connectivity index (χ0v) is 11.0. The summed E-state index contributed by atoms with van der Waals surface area (Å²) in [6, 6.07) is 0.00211. The minimum Gasteiger partial charge on any atom is -0.313 e. The molecule has 0 aliphatic carbocycles. The van der Waals surface area contributed by atoms with Gasteiger partial charge in [-0.3, -0.25) is 0 Å². The van der Waals surface area contributed by atoms with Crippen molar-refractivity contribution in [3.63, 3.8) is 0 Å². The smallest absolute Gasteiger partial charge is 0.313 e. The molecule has 0 aromatic heterocycles. The van der Waals surface area contributed by atoms with Crippen molar-refractivity contribution in [2.45, 2.75) is 38.5 Å². The number of alkyl halides is 2. The SMILES string of the molecule is CC(C)CN(CC1CCCN1)S(=O)(=O)C(F)F. The Kier molecular flexibility index (Phi) is 5.27. The highest BCUT2D eigenvalue weighted by molar-refractivity contribution is 7.89. The number of rotatable bonds is 6. The Balaban J connectivity index is 2.72. The molecule has 0 amide bonds. The van der Waals surface area contributed by atoms with Crippen LogP contribution in [0.25, 0.3) is 0 Å². The molecule has 102 valence electrons. The van der Waals surface area contributed by atoms with Crippen LogP contribution >= 0.6 is 0 Å². The lowest BCUT2D eigenvalue weighted by molar-refractivity contribution is 0.213. The lowest BCUT2D eigenvalue weighted by atomic mass is 10.2. The van der Waals surface area contributed by atoms with E-state index < -0.39 is 15.8 Å². The van der Waals surface area contributed by atoms with E-state index in [-0.39, 0.29) is 25.0 Å². The van der Waals surface area contributed by atoms with E-state index in [2.05, 4.69) is 5.32 Å². The average Bonchev–Trinajstić information content (AvgIpc) is 2.68. The normalized spacial score (nSPS) is 21.9. The van der Waals surface area contributed by atoms with Gasteiger partial charge in [0, 0.05) is 19.1 Å². The van der Waals surface area contributed by atoms with E-state index in [4.69, 9.17) is 0 Å². The fourth-order valence-corrected chi connectivity index (χ4v) is 3.08. The third kappa shape index (κ3) is 4.15. The predicted octanol–water partition coefficient (Wildman–Crippen LogP) is 1.25. The molecule has 0 radical (unpaired) electrons. The Hall–Kier alpha value is -0.270. The van der Waals surface area contributed by atoms with E-state index in [1.165, 1.54) is 0 Å². The Morgan fingerprint density at radius 3 is 2.47 bits per heavy atom. The monoisotopic (exact) mass is 270 g/mol. The van der Waals surface area contributed by atoms with Crippen LogP contribution in [0, 0.1) is 5.92 Å². The number of hydrogen-bond donors (Lipinski definition) is 1. The summed E-state index contributed by atoms with van der Waals surface area (Å²) < 4.78 is 49.0. The molecule has 1 N–H and O–H groups in total. The Morgan fingerprint density at radius 2 is 2.06 bits per heavy atom. The van der Waals surface area contributed by atoms with Crippen molar-refractivity contribution in [3.8, 4) is 0 Å². The minimum atomic E-state index is -4.46. The van der Waals surface area contributed by atoms with E-state index in [1.54, 1.807) is 0 Å². The molecule has 1 saturated heterocycles. The van der Waals surface area contributed by atoms with Gasteiger partial charge in [-0.2, -0.15) is 13.1 Å². The molecule has 17 heavy (non-hydrogen) atoms. The van der Waals surface area contributed by atoms with E-state index in [1.807, 2.05) is 13.8 Å². The van der Waals surface area contributed by atoms with Gasteiger partial charge in [-0.05, 0) is 25.3 Å². The first-order valence-electron chi connectivity index (χ1n) is 5.84. The third-order valence-corrected chi connectivity index (χ3v) is 4.21. The zero-order valence-electron chi connectivity index (χ0n) is 10.2. The lowest BCUT2D eigenvalue weighted by Gasteiger charge is -2.26. The van der Waals surface area contributed by atoms with Crippen LogP contribution in [0.3, 0.4) is 0 Å². The first-order valence-corrected chi connectivity index (χ1v) is 7.35. The second-order valence-corrected chi connectivity index (χ2v) is 6.71. The molecule has 0 saturated carbocycles. The summed E-state index contributed by atoms with van der Waals surface area (Å²) in [5.41, 5.74) is 0. The molecule has 0 bridgehead atoms. The minimum absolute atomic E-state index is 0.00211. The molecule has 1 atom stereocenters. The lowest BCUT2D eigenvalue weighted by Crippen LogP contribution is -2.44. The molecule has 7 heteroatoms. The van der Waals surface area contributed by atoms with E-state index in [9.17, 15) is 17.2 Å². The molecule has 1 heterocycles. The summed E-state index contributed by atoms with van der Waals surface area (Å²) in [5, 5.41) is 3.12. The van der Waals surface area contributed by atoms with Crippen molar-refractivity contribution in [3.05, 3.63) is 0 Å². The molecule has 1 unspecified atom stereocenters. The summed E-state index contributed by atoms with van der Waals surface area (Å²) in [5.74, 6) is -3.30. The Bertz CT molecular complexity index is 327. The predicted molar refractivity (Wildman–Crippen MR) is 62.4 cm³/mol. The molecule has 0 aromatic rings. The fraction of sp³-hybridized carbons (Fsp3) is 1.00. The maximum absolute atomic E-state index is 12.5. The van der Waals surface area contributed by atoms with Gasteiger partial charge in [0.05, 0.1) is 0 Å². The van der Waals surface area contributed by atoms with E-state index in [0.717, 1.165) is 23.7 Å². The summed E-state index contributed by atoms with van der Waals surface area (Å²) >= 11 is 0. The van der Waals surface area contributed by atoms with Crippen molar-refractivity contribution in [2.75, 3.05) is 19.6 Å². The van der Waals surface area contributed by atoms with Crippen LogP contribution in [0.2, 0.25) is 0 Å². The molecule has 1 aliphatic heterocycles. The maximum atomic E-state index is 12.5. The van der Waals surface area contributed by atoms with Crippen LogP contribution in [-0.4, -0.2) is 44.2 Å². The molecule has 1 fully saturated rings. The maximum Gasteiger partial charge on any atom is 0.350 e. The van der Waals surface area contributed by atoms with Gasteiger partial charge < -0.3 is 5.32 Å². The van der Waals surface area contributed by atoms with Crippen LogP contribution in [0.5, 0.6) is 0 Å². The van der Waals surface area contributed by atoms with Gasteiger partial charge in [0.2, 0.25) is 0 Å². The molecular weight excluding hydrogens is 250 g/mol. The second-order valence-electron chi connectivity index (χ2n) is 4.81. The van der Waals surface area contributed by atoms with Gasteiger partial charge in [-0.15, -0.1) is 0 Å². The van der Waals surface area contributed by atoms with Crippen molar-refractivity contribution < 1.29 is 17.2 Å². The summed E-state index contributed by atoms with van der Waals surface area (Å²) in [4.78, 5) is 0. The molecule has 0 aromatic carbocycles. The summed E-state index contributed by atoms with van der Waals surface area (Å²) in [7, 11) is -4.46. The van der Waals surface area contributed by atoms with E-state index in [0.29, 0.717) is 0 Å². The van der Waals surface area contributed by atoms with Gasteiger partial charge in [0.15, 0.2) is 0 Å². The highest BCUT2D eigenvalue weighted by atomic mass is 32.2. The molecule has 4 nitrogen and oxygen atoms in total. The van der Waals surface area contributed by atoms with Crippen LogP contribution in [0.1, 0.15) is 26.7 Å². The highest BCUT2D eigenvalue weighted by Gasteiger charge is 2.34. The van der Waals surface area contributed by atoms with Gasteiger partial charge in [0.1, 0.15) is 0 Å². The quantitative estimate of drug-likeness (QED) is 0.790. The van der Waals surface area contributed by atoms with Crippen molar-refractivity contribution in [1.29, 1.82) is 0 Å². The van der Waals surface area contributed by atoms with Gasteiger partial charge in [-0.1, -0.05) is 13.8 Å². The van der Waals surface area contributed by atoms with Crippen LogP contribution in [0.15, 0.2) is 0 Å². The number of sulfonamides is 1. The van der Waals surface area contributed by atoms with Crippen LogP contribution in [-0.2, 0) is 10.0 Å². The Morgan fingerprint density at radius 1 is 1.41 bits per heavy atom. The zero-order chi connectivity index (χ0) is 13.1. The molecule has 0 spiro atoms. The van der Waals surface area contributed by atoms with E-state index >= 15 is 0 Å².